The second-order valence-corrected chi connectivity index (χ2v) is 7.86. The van der Waals surface area contributed by atoms with Crippen molar-refractivity contribution >= 4 is 5.97 Å². The highest BCUT2D eigenvalue weighted by Crippen LogP contribution is 2.37. The summed E-state index contributed by atoms with van der Waals surface area (Å²) in [4.78, 5) is 12.3. The number of nitriles is 1. The molecule has 0 radical (unpaired) electrons. The Morgan fingerprint density at radius 2 is 1.68 bits per heavy atom. The second kappa shape index (κ2) is 10.1. The van der Waals surface area contributed by atoms with Crippen LogP contribution in [0.15, 0.2) is 48.5 Å². The van der Waals surface area contributed by atoms with Gasteiger partial charge in [-0.05, 0) is 79.5 Å². The predicted octanol–water partition coefficient (Wildman–Crippen LogP) is 6.63. The van der Waals surface area contributed by atoms with E-state index in [1.54, 1.807) is 24.3 Å². The molecule has 0 aromatic heterocycles. The SMILES string of the molecule is CCCCC[C@H]1CC[C@H](c2ccc(C(=O)Oc3ccc(C#N)cc3)cc2)CC1. The Bertz CT molecular complexity index is 794. The summed E-state index contributed by atoms with van der Waals surface area (Å²) in [6, 6.07) is 16.5. The first-order valence-electron chi connectivity index (χ1n) is 10.5. The number of unbranched alkanes of at least 4 members (excludes halogenated alkanes) is 2. The number of rotatable bonds is 7. The van der Waals surface area contributed by atoms with Crippen molar-refractivity contribution < 1.29 is 9.53 Å². The van der Waals surface area contributed by atoms with Gasteiger partial charge in [-0.3, -0.25) is 0 Å². The molecule has 146 valence electrons. The van der Waals surface area contributed by atoms with Gasteiger partial charge in [-0.15, -0.1) is 0 Å². The quantitative estimate of drug-likeness (QED) is 0.310. The van der Waals surface area contributed by atoms with Gasteiger partial charge < -0.3 is 4.74 Å². The Labute approximate surface area is 168 Å². The maximum absolute atomic E-state index is 12.3. The zero-order chi connectivity index (χ0) is 19.8. The molecule has 0 amide bonds. The summed E-state index contributed by atoms with van der Waals surface area (Å²) in [7, 11) is 0. The highest BCUT2D eigenvalue weighted by Gasteiger charge is 2.22. The first kappa shape index (κ1) is 20.1. The van der Waals surface area contributed by atoms with Gasteiger partial charge in [-0.2, -0.15) is 5.26 Å². The fourth-order valence-corrected chi connectivity index (χ4v) is 4.12. The Morgan fingerprint density at radius 1 is 1.00 bits per heavy atom. The average Bonchev–Trinajstić information content (AvgIpc) is 2.75. The van der Waals surface area contributed by atoms with Gasteiger partial charge in [0.15, 0.2) is 0 Å². The number of nitrogens with zero attached hydrogens (tertiary/aromatic N) is 1. The van der Waals surface area contributed by atoms with E-state index in [1.165, 1.54) is 56.9 Å². The van der Waals surface area contributed by atoms with Gasteiger partial charge in [0.1, 0.15) is 5.75 Å². The topological polar surface area (TPSA) is 50.1 Å². The molecule has 3 rings (SSSR count). The van der Waals surface area contributed by atoms with Crippen LogP contribution >= 0.6 is 0 Å². The lowest BCUT2D eigenvalue weighted by Crippen LogP contribution is -2.14. The summed E-state index contributed by atoms with van der Waals surface area (Å²) in [5.74, 6) is 1.61. The van der Waals surface area contributed by atoms with Crippen molar-refractivity contribution in [2.24, 2.45) is 5.92 Å². The largest absolute Gasteiger partial charge is 0.423 e. The van der Waals surface area contributed by atoms with E-state index in [0.717, 1.165) is 5.92 Å². The van der Waals surface area contributed by atoms with Crippen LogP contribution in [0.2, 0.25) is 0 Å². The molecular formula is C25H29NO2. The van der Waals surface area contributed by atoms with E-state index < -0.39 is 0 Å². The zero-order valence-corrected chi connectivity index (χ0v) is 16.7. The van der Waals surface area contributed by atoms with Crippen molar-refractivity contribution in [2.45, 2.75) is 64.2 Å². The number of benzene rings is 2. The van der Waals surface area contributed by atoms with Crippen LogP contribution in [0, 0.1) is 17.2 Å². The molecule has 3 nitrogen and oxygen atoms in total. The molecule has 0 atom stereocenters. The molecule has 2 aromatic carbocycles. The van der Waals surface area contributed by atoms with Gasteiger partial charge in [-0.25, -0.2) is 4.79 Å². The summed E-state index contributed by atoms with van der Waals surface area (Å²) in [6.07, 6.45) is 10.6. The van der Waals surface area contributed by atoms with Crippen LogP contribution in [0.4, 0.5) is 0 Å². The van der Waals surface area contributed by atoms with E-state index in [1.807, 2.05) is 12.1 Å². The van der Waals surface area contributed by atoms with Crippen molar-refractivity contribution in [1.29, 1.82) is 5.26 Å². The molecule has 1 saturated carbocycles. The van der Waals surface area contributed by atoms with Crippen LogP contribution in [-0.4, -0.2) is 5.97 Å². The molecule has 28 heavy (non-hydrogen) atoms. The van der Waals surface area contributed by atoms with Gasteiger partial charge in [0.2, 0.25) is 0 Å². The van der Waals surface area contributed by atoms with Crippen LogP contribution in [0.1, 0.15) is 85.7 Å². The lowest BCUT2D eigenvalue weighted by atomic mass is 9.77. The van der Waals surface area contributed by atoms with Crippen LogP contribution in [0.3, 0.4) is 0 Å². The Morgan fingerprint density at radius 3 is 2.29 bits per heavy atom. The van der Waals surface area contributed by atoms with Crippen molar-refractivity contribution in [3.05, 3.63) is 65.2 Å². The summed E-state index contributed by atoms with van der Waals surface area (Å²) in [5.41, 5.74) is 2.44. The Hall–Kier alpha value is -2.60. The molecule has 3 heteroatoms. The summed E-state index contributed by atoms with van der Waals surface area (Å²) in [5, 5.41) is 8.83. The number of hydrogen-bond acceptors (Lipinski definition) is 3. The van der Waals surface area contributed by atoms with Crippen LogP contribution in [0.5, 0.6) is 5.75 Å². The van der Waals surface area contributed by atoms with E-state index in [9.17, 15) is 4.79 Å². The first-order valence-corrected chi connectivity index (χ1v) is 10.5. The van der Waals surface area contributed by atoms with Gasteiger partial charge in [-0.1, -0.05) is 44.7 Å². The summed E-state index contributed by atoms with van der Waals surface area (Å²) >= 11 is 0. The molecule has 0 unspecified atom stereocenters. The molecule has 0 bridgehead atoms. The van der Waals surface area contributed by atoms with Gasteiger partial charge in [0, 0.05) is 0 Å². The number of esters is 1. The minimum absolute atomic E-state index is 0.365. The zero-order valence-electron chi connectivity index (χ0n) is 16.7. The highest BCUT2D eigenvalue weighted by molar-refractivity contribution is 5.91. The Kier molecular flexibility index (Phi) is 7.25. The third kappa shape index (κ3) is 5.45. The molecule has 0 saturated heterocycles. The second-order valence-electron chi connectivity index (χ2n) is 7.86. The van der Waals surface area contributed by atoms with E-state index in [2.05, 4.69) is 25.1 Å². The number of carbonyl (C=O) groups excluding carboxylic acids is 1. The summed E-state index contributed by atoms with van der Waals surface area (Å²) in [6.45, 7) is 2.26. The smallest absolute Gasteiger partial charge is 0.343 e. The molecule has 1 fully saturated rings. The molecule has 0 heterocycles. The molecule has 0 N–H and O–H groups in total. The minimum atomic E-state index is -0.365. The standard InChI is InChI=1S/C25H29NO2/c1-2-3-4-5-19-6-10-21(11-7-19)22-12-14-23(15-13-22)25(27)28-24-16-8-20(18-26)9-17-24/h8-9,12-17,19,21H,2-7,10-11H2,1H3/t19-,21-. The van der Waals surface area contributed by atoms with Crippen molar-refractivity contribution in [3.63, 3.8) is 0 Å². The molecule has 1 aliphatic rings. The number of hydrogen-bond donors (Lipinski definition) is 0. The first-order chi connectivity index (χ1) is 13.7. The normalized spacial score (nSPS) is 19.0. The van der Waals surface area contributed by atoms with Crippen LogP contribution < -0.4 is 4.74 Å². The van der Waals surface area contributed by atoms with Crippen LogP contribution in [0.25, 0.3) is 0 Å². The van der Waals surface area contributed by atoms with Crippen LogP contribution in [-0.2, 0) is 0 Å². The summed E-state index contributed by atoms with van der Waals surface area (Å²) < 4.78 is 5.40. The van der Waals surface area contributed by atoms with Crippen molar-refractivity contribution in [1.82, 2.24) is 0 Å². The van der Waals surface area contributed by atoms with E-state index in [-0.39, 0.29) is 5.97 Å². The van der Waals surface area contributed by atoms with Gasteiger partial charge in [0.25, 0.3) is 0 Å². The average molecular weight is 376 g/mol. The third-order valence-electron chi connectivity index (χ3n) is 5.87. The maximum Gasteiger partial charge on any atom is 0.343 e. The molecule has 0 spiro atoms. The van der Waals surface area contributed by atoms with Crippen molar-refractivity contribution in [3.8, 4) is 11.8 Å². The van der Waals surface area contributed by atoms with Crippen molar-refractivity contribution in [2.75, 3.05) is 0 Å². The van der Waals surface area contributed by atoms with E-state index in [0.29, 0.717) is 22.8 Å². The minimum Gasteiger partial charge on any atom is -0.423 e. The highest BCUT2D eigenvalue weighted by atomic mass is 16.5. The molecule has 0 aliphatic heterocycles. The Balaban J connectivity index is 1.52. The number of carbonyl (C=O) groups is 1. The number of ether oxygens (including phenoxy) is 1. The third-order valence-corrected chi connectivity index (χ3v) is 5.87. The van der Waals surface area contributed by atoms with E-state index in [4.69, 9.17) is 10.00 Å². The maximum atomic E-state index is 12.3. The fraction of sp³-hybridized carbons (Fsp3) is 0.440. The van der Waals surface area contributed by atoms with Gasteiger partial charge in [0.05, 0.1) is 17.2 Å². The monoisotopic (exact) mass is 375 g/mol. The molecular weight excluding hydrogens is 346 g/mol. The van der Waals surface area contributed by atoms with E-state index >= 15 is 0 Å². The lowest BCUT2D eigenvalue weighted by molar-refractivity contribution is 0.0734. The van der Waals surface area contributed by atoms with Gasteiger partial charge >= 0.3 is 5.97 Å². The molecule has 1 aliphatic carbocycles. The lowest BCUT2D eigenvalue weighted by Gasteiger charge is -2.29. The fourth-order valence-electron chi connectivity index (χ4n) is 4.12. The predicted molar refractivity (Wildman–Crippen MR) is 111 cm³/mol. The molecule has 2 aromatic rings.